The first-order valence-corrected chi connectivity index (χ1v) is 10.9. The molecule has 0 aromatic heterocycles. The number of anilines is 1. The van der Waals surface area contributed by atoms with E-state index in [0.29, 0.717) is 31.1 Å². The van der Waals surface area contributed by atoms with Crippen LogP contribution >= 0.6 is 0 Å². The number of ether oxygens (including phenoxy) is 1. The highest BCUT2D eigenvalue weighted by Crippen LogP contribution is 2.31. The summed E-state index contributed by atoms with van der Waals surface area (Å²) in [6.45, 7) is 9.21. The van der Waals surface area contributed by atoms with Crippen LogP contribution in [-0.2, 0) is 14.6 Å². The van der Waals surface area contributed by atoms with E-state index in [4.69, 9.17) is 4.74 Å². The number of benzene rings is 2. The number of sulfone groups is 1. The third-order valence-corrected chi connectivity index (χ3v) is 6.24. The Hall–Kier alpha value is -2.54. The molecule has 1 amide bonds. The molecule has 0 aliphatic carbocycles. The van der Waals surface area contributed by atoms with Crippen molar-refractivity contribution in [1.82, 2.24) is 4.90 Å². The summed E-state index contributed by atoms with van der Waals surface area (Å²) >= 11 is 0. The van der Waals surface area contributed by atoms with Crippen LogP contribution in [0.4, 0.5) is 5.69 Å². The van der Waals surface area contributed by atoms with Crippen molar-refractivity contribution in [3.05, 3.63) is 48.0 Å². The number of rotatable bonds is 9. The summed E-state index contributed by atoms with van der Waals surface area (Å²) in [4.78, 5) is 14.3. The molecule has 1 N–H and O–H groups in total. The maximum absolute atomic E-state index is 13.2. The first-order chi connectivity index (χ1) is 13.3. The Morgan fingerprint density at radius 3 is 2.25 bits per heavy atom. The van der Waals surface area contributed by atoms with Gasteiger partial charge in [-0.25, -0.2) is 8.42 Å². The molecule has 0 radical (unpaired) electrons. The van der Waals surface area contributed by atoms with Crippen LogP contribution in [-0.4, -0.2) is 45.5 Å². The minimum absolute atomic E-state index is 0.0199. The Bertz CT molecular complexity index is 905. The van der Waals surface area contributed by atoms with Crippen molar-refractivity contribution in [3.8, 4) is 5.75 Å². The van der Waals surface area contributed by atoms with Gasteiger partial charge in [-0.05, 0) is 52.0 Å². The molecular weight excluding hydrogens is 376 g/mol. The summed E-state index contributed by atoms with van der Waals surface area (Å²) in [7, 11) is -3.77. The van der Waals surface area contributed by atoms with Gasteiger partial charge in [0.25, 0.3) is 0 Å². The van der Waals surface area contributed by atoms with Crippen molar-refractivity contribution >= 4 is 21.4 Å². The van der Waals surface area contributed by atoms with E-state index in [1.807, 2.05) is 27.7 Å². The highest BCUT2D eigenvalue weighted by atomic mass is 32.2. The summed E-state index contributed by atoms with van der Waals surface area (Å²) in [6.07, 6.45) is 0. The zero-order chi connectivity index (χ0) is 20.7. The fourth-order valence-electron chi connectivity index (χ4n) is 2.83. The Morgan fingerprint density at radius 2 is 1.68 bits per heavy atom. The minimum Gasteiger partial charge on any atom is -0.494 e. The lowest BCUT2D eigenvalue weighted by atomic mass is 10.2. The quantitative estimate of drug-likeness (QED) is 0.692. The molecule has 7 heteroatoms. The van der Waals surface area contributed by atoms with Gasteiger partial charge in [0, 0.05) is 19.2 Å². The fourth-order valence-corrected chi connectivity index (χ4v) is 4.28. The Labute approximate surface area is 167 Å². The van der Waals surface area contributed by atoms with Crippen LogP contribution in [0.2, 0.25) is 0 Å². The number of hydrogen-bond donors (Lipinski definition) is 1. The second kappa shape index (κ2) is 9.59. The molecule has 0 atom stereocenters. The van der Waals surface area contributed by atoms with Crippen LogP contribution < -0.4 is 10.1 Å². The van der Waals surface area contributed by atoms with Gasteiger partial charge in [0.1, 0.15) is 5.75 Å². The van der Waals surface area contributed by atoms with Crippen molar-refractivity contribution in [2.45, 2.75) is 37.5 Å². The second-order valence-electron chi connectivity index (χ2n) is 6.33. The van der Waals surface area contributed by atoms with Crippen molar-refractivity contribution in [2.24, 2.45) is 0 Å². The summed E-state index contributed by atoms with van der Waals surface area (Å²) < 4.78 is 31.9. The number of amides is 1. The number of carbonyl (C=O) groups is 1. The molecule has 0 spiro atoms. The van der Waals surface area contributed by atoms with Crippen LogP contribution in [0.3, 0.4) is 0 Å². The van der Waals surface area contributed by atoms with Crippen LogP contribution in [0.25, 0.3) is 0 Å². The maximum Gasteiger partial charge on any atom is 0.241 e. The Balaban J connectivity index is 2.41. The predicted octanol–water partition coefficient (Wildman–Crippen LogP) is 3.51. The van der Waals surface area contributed by atoms with Gasteiger partial charge < -0.3 is 15.0 Å². The average Bonchev–Trinajstić information content (AvgIpc) is 2.68. The highest BCUT2D eigenvalue weighted by Gasteiger charge is 2.23. The molecule has 0 saturated heterocycles. The summed E-state index contributed by atoms with van der Waals surface area (Å²) in [5.74, 6) is 0.381. The average molecular weight is 405 g/mol. The number of carbonyl (C=O) groups excluding carboxylic acids is 1. The number of nitrogens with one attached hydrogen (secondary N) is 1. The summed E-state index contributed by atoms with van der Waals surface area (Å²) in [6, 6.07) is 11.5. The van der Waals surface area contributed by atoms with Crippen molar-refractivity contribution < 1.29 is 17.9 Å². The van der Waals surface area contributed by atoms with Crippen molar-refractivity contribution in [3.63, 3.8) is 0 Å². The predicted molar refractivity (Wildman–Crippen MR) is 111 cm³/mol. The Morgan fingerprint density at radius 1 is 1.04 bits per heavy atom. The lowest BCUT2D eigenvalue weighted by Crippen LogP contribution is -2.35. The lowest BCUT2D eigenvalue weighted by Gasteiger charge is -2.20. The first-order valence-electron chi connectivity index (χ1n) is 9.43. The van der Waals surface area contributed by atoms with E-state index in [1.165, 1.54) is 6.07 Å². The SMILES string of the molecule is CCOc1ccc(NCC(=O)N(CC)CC)c(S(=O)(=O)c2ccc(C)cc2)c1. The van der Waals surface area contributed by atoms with E-state index in [0.717, 1.165) is 5.56 Å². The molecule has 0 aliphatic heterocycles. The van der Waals surface area contributed by atoms with Crippen molar-refractivity contribution in [1.29, 1.82) is 0 Å². The Kier molecular flexibility index (Phi) is 7.45. The van der Waals surface area contributed by atoms with Gasteiger partial charge in [-0.3, -0.25) is 4.79 Å². The molecule has 0 heterocycles. The van der Waals surface area contributed by atoms with Gasteiger partial charge in [-0.2, -0.15) is 0 Å². The molecule has 28 heavy (non-hydrogen) atoms. The molecule has 0 bridgehead atoms. The number of likely N-dealkylation sites (N-methyl/N-ethyl adjacent to an activating group) is 1. The second-order valence-corrected chi connectivity index (χ2v) is 8.25. The van der Waals surface area contributed by atoms with Crippen molar-refractivity contribution in [2.75, 3.05) is 31.6 Å². The maximum atomic E-state index is 13.2. The lowest BCUT2D eigenvalue weighted by molar-refractivity contribution is -0.128. The zero-order valence-corrected chi connectivity index (χ0v) is 17.7. The number of aryl methyl sites for hydroxylation is 1. The molecule has 2 aromatic rings. The smallest absolute Gasteiger partial charge is 0.241 e. The van der Waals surface area contributed by atoms with Gasteiger partial charge in [0.15, 0.2) is 0 Å². The highest BCUT2D eigenvalue weighted by molar-refractivity contribution is 7.91. The van der Waals surface area contributed by atoms with E-state index >= 15 is 0 Å². The number of nitrogens with zero attached hydrogens (tertiary/aromatic N) is 1. The minimum atomic E-state index is -3.77. The van der Waals surface area contributed by atoms with E-state index in [2.05, 4.69) is 5.32 Å². The topological polar surface area (TPSA) is 75.7 Å². The van der Waals surface area contributed by atoms with Gasteiger partial charge in [0.2, 0.25) is 15.7 Å². The van der Waals surface area contributed by atoms with Crippen LogP contribution in [0.15, 0.2) is 52.3 Å². The molecule has 2 aromatic carbocycles. The molecule has 6 nitrogen and oxygen atoms in total. The fraction of sp³-hybridized carbons (Fsp3) is 0.381. The van der Waals surface area contributed by atoms with Crippen LogP contribution in [0, 0.1) is 6.92 Å². The molecule has 0 fully saturated rings. The first kappa shape index (κ1) is 21.8. The molecular formula is C21H28N2O4S. The molecule has 0 aliphatic rings. The largest absolute Gasteiger partial charge is 0.494 e. The standard InChI is InChI=1S/C21H28N2O4S/c1-5-23(6-2)21(24)15-22-19-13-10-17(27-7-3)14-20(19)28(25,26)18-11-8-16(4)9-12-18/h8-14,22H,5-7,15H2,1-4H3. The van der Waals surface area contributed by atoms with Gasteiger partial charge >= 0.3 is 0 Å². The van der Waals surface area contributed by atoms with E-state index in [1.54, 1.807) is 41.3 Å². The van der Waals surface area contributed by atoms with Crippen LogP contribution in [0.5, 0.6) is 5.75 Å². The van der Waals surface area contributed by atoms with Gasteiger partial charge in [-0.1, -0.05) is 17.7 Å². The molecule has 2 rings (SSSR count). The van der Waals surface area contributed by atoms with Gasteiger partial charge in [0.05, 0.1) is 28.6 Å². The molecule has 0 unspecified atom stereocenters. The normalized spacial score (nSPS) is 11.1. The number of hydrogen-bond acceptors (Lipinski definition) is 5. The van der Waals surface area contributed by atoms with E-state index < -0.39 is 9.84 Å². The molecule has 0 saturated carbocycles. The third kappa shape index (κ3) is 5.04. The van der Waals surface area contributed by atoms with Gasteiger partial charge in [-0.15, -0.1) is 0 Å². The van der Waals surface area contributed by atoms with E-state index in [-0.39, 0.29) is 22.2 Å². The monoisotopic (exact) mass is 404 g/mol. The summed E-state index contributed by atoms with van der Waals surface area (Å²) in [5.41, 5.74) is 1.36. The van der Waals surface area contributed by atoms with E-state index in [9.17, 15) is 13.2 Å². The summed E-state index contributed by atoms with van der Waals surface area (Å²) in [5, 5.41) is 2.99. The zero-order valence-electron chi connectivity index (χ0n) is 16.9. The molecule has 152 valence electrons. The third-order valence-electron chi connectivity index (χ3n) is 4.43. The van der Waals surface area contributed by atoms with Crippen LogP contribution in [0.1, 0.15) is 26.3 Å².